The molecule has 1 unspecified atom stereocenters. The van der Waals surface area contributed by atoms with Crippen molar-refractivity contribution in [2.24, 2.45) is 5.92 Å². The van der Waals surface area contributed by atoms with Gasteiger partial charge in [-0.3, -0.25) is 9.52 Å². The van der Waals surface area contributed by atoms with Crippen molar-refractivity contribution in [1.29, 1.82) is 0 Å². The molecule has 1 amide bonds. The lowest BCUT2D eigenvalue weighted by Crippen LogP contribution is -2.40. The lowest BCUT2D eigenvalue weighted by molar-refractivity contribution is 0.0672. The molecule has 1 aliphatic rings. The van der Waals surface area contributed by atoms with Gasteiger partial charge in [0.15, 0.2) is 0 Å². The Kier molecular flexibility index (Phi) is 5.45. The highest BCUT2D eigenvalue weighted by Crippen LogP contribution is 2.24. The summed E-state index contributed by atoms with van der Waals surface area (Å²) in [6.45, 7) is 5.21. The predicted octanol–water partition coefficient (Wildman–Crippen LogP) is 2.71. The maximum absolute atomic E-state index is 12.7. The van der Waals surface area contributed by atoms with Crippen LogP contribution < -0.4 is 4.72 Å². The number of benzene rings is 1. The predicted molar refractivity (Wildman–Crippen MR) is 88.4 cm³/mol. The highest BCUT2D eigenvalue weighted by molar-refractivity contribution is 7.92. The molecule has 0 aliphatic carbocycles. The second kappa shape index (κ2) is 7.13. The molecule has 6 heteroatoms. The monoisotopic (exact) mass is 324 g/mol. The molecule has 0 bridgehead atoms. The summed E-state index contributed by atoms with van der Waals surface area (Å²) in [4.78, 5) is 14.6. The second-order valence-electron chi connectivity index (χ2n) is 5.72. The number of amides is 1. The number of carbonyl (C=O) groups is 1. The number of nitrogens with one attached hydrogen (secondary N) is 1. The number of sulfonamides is 1. The molecular formula is C16H24N2O3S. The largest absolute Gasteiger partial charge is 0.338 e. The van der Waals surface area contributed by atoms with Crippen molar-refractivity contribution in [3.05, 3.63) is 29.8 Å². The number of hydrogen-bond donors (Lipinski definition) is 1. The van der Waals surface area contributed by atoms with E-state index < -0.39 is 10.0 Å². The fourth-order valence-electron chi connectivity index (χ4n) is 2.75. The molecule has 1 atom stereocenters. The van der Waals surface area contributed by atoms with Crippen LogP contribution in [0.4, 0.5) is 5.69 Å². The number of piperidine rings is 1. The Hall–Kier alpha value is -1.56. The van der Waals surface area contributed by atoms with E-state index in [0.717, 1.165) is 32.4 Å². The van der Waals surface area contributed by atoms with Crippen molar-refractivity contribution in [1.82, 2.24) is 4.90 Å². The summed E-state index contributed by atoms with van der Waals surface area (Å²) in [6, 6.07) is 6.82. The number of carbonyl (C=O) groups excluding carboxylic acids is 1. The summed E-state index contributed by atoms with van der Waals surface area (Å²) in [5.74, 6) is 0.432. The van der Waals surface area contributed by atoms with E-state index in [1.165, 1.54) is 0 Å². The summed E-state index contributed by atoms with van der Waals surface area (Å²) >= 11 is 0. The third-order valence-corrected chi connectivity index (χ3v) is 5.48. The van der Waals surface area contributed by atoms with Crippen LogP contribution >= 0.6 is 0 Å². The lowest BCUT2D eigenvalue weighted by atomic mass is 9.95. The van der Waals surface area contributed by atoms with Crippen molar-refractivity contribution >= 4 is 21.6 Å². The summed E-state index contributed by atoms with van der Waals surface area (Å²) in [6.07, 6.45) is 3.23. The average Bonchev–Trinajstić information content (AvgIpc) is 2.54. The van der Waals surface area contributed by atoms with Gasteiger partial charge in [-0.15, -0.1) is 0 Å². The first-order chi connectivity index (χ1) is 10.5. The number of likely N-dealkylation sites (tertiary alicyclic amines) is 1. The molecule has 1 aromatic carbocycles. The van der Waals surface area contributed by atoms with Crippen LogP contribution in [0.1, 0.15) is 43.5 Å². The summed E-state index contributed by atoms with van der Waals surface area (Å²) in [5, 5.41) is 0. The van der Waals surface area contributed by atoms with Gasteiger partial charge in [0.2, 0.25) is 10.0 Å². The molecule has 1 saturated heterocycles. The van der Waals surface area contributed by atoms with Crippen LogP contribution in [0.2, 0.25) is 0 Å². The molecule has 1 heterocycles. The number of para-hydroxylation sites is 1. The Balaban J connectivity index is 2.23. The molecular weight excluding hydrogens is 300 g/mol. The molecule has 0 radical (unpaired) electrons. The highest BCUT2D eigenvalue weighted by Gasteiger charge is 2.25. The minimum Gasteiger partial charge on any atom is -0.338 e. The van der Waals surface area contributed by atoms with Gasteiger partial charge in [-0.1, -0.05) is 25.5 Å². The van der Waals surface area contributed by atoms with E-state index in [4.69, 9.17) is 0 Å². The third kappa shape index (κ3) is 4.00. The first-order valence-electron chi connectivity index (χ1n) is 7.85. The van der Waals surface area contributed by atoms with Gasteiger partial charge in [-0.25, -0.2) is 8.42 Å². The zero-order chi connectivity index (χ0) is 16.2. The van der Waals surface area contributed by atoms with Crippen LogP contribution in [0.3, 0.4) is 0 Å². The lowest BCUT2D eigenvalue weighted by Gasteiger charge is -2.32. The minimum absolute atomic E-state index is 0.0167. The number of hydrogen-bond acceptors (Lipinski definition) is 3. The molecule has 0 spiro atoms. The Morgan fingerprint density at radius 1 is 1.32 bits per heavy atom. The van der Waals surface area contributed by atoms with Crippen molar-refractivity contribution in [3.63, 3.8) is 0 Å². The van der Waals surface area contributed by atoms with Crippen LogP contribution in [-0.4, -0.2) is 38.1 Å². The van der Waals surface area contributed by atoms with E-state index >= 15 is 0 Å². The van der Waals surface area contributed by atoms with E-state index in [9.17, 15) is 13.2 Å². The van der Waals surface area contributed by atoms with Crippen LogP contribution in [0.5, 0.6) is 0 Å². The fourth-order valence-corrected chi connectivity index (χ4v) is 3.41. The third-order valence-electron chi connectivity index (χ3n) is 4.19. The van der Waals surface area contributed by atoms with E-state index in [-0.39, 0.29) is 11.7 Å². The molecule has 1 N–H and O–H groups in total. The summed E-state index contributed by atoms with van der Waals surface area (Å²) in [7, 11) is -3.40. The van der Waals surface area contributed by atoms with Gasteiger partial charge in [-0.05, 0) is 37.8 Å². The van der Waals surface area contributed by atoms with Crippen molar-refractivity contribution in [2.75, 3.05) is 23.6 Å². The number of anilines is 1. The highest BCUT2D eigenvalue weighted by atomic mass is 32.2. The molecule has 1 aliphatic heterocycles. The Morgan fingerprint density at radius 2 is 2.05 bits per heavy atom. The van der Waals surface area contributed by atoms with E-state index in [1.54, 1.807) is 31.2 Å². The normalized spacial score (nSPS) is 19.0. The van der Waals surface area contributed by atoms with Crippen LogP contribution in [0, 0.1) is 5.92 Å². The SMILES string of the molecule is CCC1CCCN(C(=O)c2ccccc2NS(=O)(=O)CC)C1. The van der Waals surface area contributed by atoms with Gasteiger partial charge in [0.1, 0.15) is 0 Å². The molecule has 0 aromatic heterocycles. The number of rotatable bonds is 5. The topological polar surface area (TPSA) is 66.5 Å². The van der Waals surface area contributed by atoms with Gasteiger partial charge in [0.25, 0.3) is 5.91 Å². The molecule has 0 saturated carbocycles. The molecule has 5 nitrogen and oxygen atoms in total. The standard InChI is InChI=1S/C16H24N2O3S/c1-3-13-8-7-11-18(12-13)16(19)14-9-5-6-10-15(14)17-22(20,21)4-2/h5-6,9-10,13,17H,3-4,7-8,11-12H2,1-2H3. The molecule has 22 heavy (non-hydrogen) atoms. The smallest absolute Gasteiger partial charge is 0.255 e. The van der Waals surface area contributed by atoms with Crippen molar-refractivity contribution in [2.45, 2.75) is 33.1 Å². The van der Waals surface area contributed by atoms with E-state index in [2.05, 4.69) is 11.6 Å². The molecule has 1 fully saturated rings. The van der Waals surface area contributed by atoms with Crippen molar-refractivity contribution in [3.8, 4) is 0 Å². The zero-order valence-corrected chi connectivity index (χ0v) is 14.0. The Morgan fingerprint density at radius 3 is 2.73 bits per heavy atom. The van der Waals surface area contributed by atoms with E-state index in [0.29, 0.717) is 17.2 Å². The molecule has 1 aromatic rings. The Labute approximate surface area is 132 Å². The maximum Gasteiger partial charge on any atom is 0.255 e. The second-order valence-corrected chi connectivity index (χ2v) is 7.73. The van der Waals surface area contributed by atoms with Crippen LogP contribution in [0.25, 0.3) is 0 Å². The molecule has 122 valence electrons. The van der Waals surface area contributed by atoms with Gasteiger partial charge in [0, 0.05) is 13.1 Å². The summed E-state index contributed by atoms with van der Waals surface area (Å²) in [5.41, 5.74) is 0.796. The quantitative estimate of drug-likeness (QED) is 0.905. The van der Waals surface area contributed by atoms with Crippen LogP contribution in [-0.2, 0) is 10.0 Å². The molecule has 2 rings (SSSR count). The van der Waals surface area contributed by atoms with Gasteiger partial charge >= 0.3 is 0 Å². The number of nitrogens with zero attached hydrogens (tertiary/aromatic N) is 1. The maximum atomic E-state index is 12.7. The summed E-state index contributed by atoms with van der Waals surface area (Å²) < 4.78 is 26.1. The van der Waals surface area contributed by atoms with Gasteiger partial charge < -0.3 is 4.90 Å². The Bertz CT molecular complexity index is 628. The zero-order valence-electron chi connectivity index (χ0n) is 13.2. The van der Waals surface area contributed by atoms with E-state index in [1.807, 2.05) is 4.90 Å². The fraction of sp³-hybridized carbons (Fsp3) is 0.562. The first kappa shape index (κ1) is 16.8. The van der Waals surface area contributed by atoms with Gasteiger partial charge in [-0.2, -0.15) is 0 Å². The minimum atomic E-state index is -3.40. The van der Waals surface area contributed by atoms with Crippen LogP contribution in [0.15, 0.2) is 24.3 Å². The average molecular weight is 324 g/mol. The first-order valence-corrected chi connectivity index (χ1v) is 9.50. The van der Waals surface area contributed by atoms with Gasteiger partial charge in [0.05, 0.1) is 17.0 Å². The van der Waals surface area contributed by atoms with Crippen molar-refractivity contribution < 1.29 is 13.2 Å².